The highest BCUT2D eigenvalue weighted by molar-refractivity contribution is 14.2. The number of ether oxygens (including phenoxy) is 14. The maximum Gasteiger partial charge on any atom is 0.123 e. The first-order valence-corrected chi connectivity index (χ1v) is 26.4. The fourth-order valence-electron chi connectivity index (χ4n) is 7.50. The first kappa shape index (κ1) is 53.6. The van der Waals surface area contributed by atoms with Crippen LogP contribution in [-0.4, -0.2) is 56.9 Å². The van der Waals surface area contributed by atoms with E-state index >= 15 is 0 Å². The van der Waals surface area contributed by atoms with Gasteiger partial charge in [0.05, 0.1) is 56.9 Å². The zero-order valence-corrected chi connectivity index (χ0v) is 45.0. The molecule has 0 amide bonds. The maximum atomic E-state index is 6.54. The molecule has 0 heterocycles. The highest BCUT2D eigenvalue weighted by Crippen LogP contribution is 2.34. The Morgan fingerprint density at radius 3 is 0.548 bits per heavy atom. The van der Waals surface area contributed by atoms with Crippen molar-refractivity contribution in [1.82, 2.24) is 0 Å². The van der Waals surface area contributed by atoms with Crippen molar-refractivity contribution >= 4 is 30.1 Å². The van der Waals surface area contributed by atoms with Crippen molar-refractivity contribution in [2.45, 2.75) is 45.4 Å². The smallest absolute Gasteiger partial charge is 0.123 e. The van der Waals surface area contributed by atoms with Gasteiger partial charge < -0.3 is 66.3 Å². The average Bonchev–Trinajstić information content (AvgIpc) is 3.43. The summed E-state index contributed by atoms with van der Waals surface area (Å²) in [4.78, 5) is 0. The zero-order valence-electron chi connectivity index (χ0n) is 42.1. The zero-order chi connectivity index (χ0) is 51.5. The first-order chi connectivity index (χ1) is 35.6. The second-order valence-electron chi connectivity index (χ2n) is 16.3. The Labute approximate surface area is 443 Å². The Kier molecular flexibility index (Phi) is 19.9. The standard InChI is InChI=1S/C57H59IO14S/c1-59-44-9-37(10-45(23-44)60-2)30-67-52-17-41(18-53(27-52)68-31-38-11-46(61-3)24-47(12-38)62-4)34-71-56-21-43(36-73-58)22-57(29-56)72-35-42-19-54(69-32-39-13-48(63-5)25-49(14-39)64-6)28-55(20-42)70-33-40-15-50(65-7)26-51(16-40)66-8/h9-29H,30-36H2,1-8H3. The number of hydrogen-bond donors (Lipinski definition) is 0. The van der Waals surface area contributed by atoms with Crippen LogP contribution in [0, 0.1) is 0 Å². The topological polar surface area (TPSA) is 129 Å². The third-order valence-corrected chi connectivity index (χ3v) is 12.5. The molecule has 384 valence electrons. The number of hydrogen-bond acceptors (Lipinski definition) is 15. The highest BCUT2D eigenvalue weighted by Gasteiger charge is 2.13. The molecule has 0 aliphatic rings. The van der Waals surface area contributed by atoms with Crippen LogP contribution in [0.5, 0.6) is 80.5 Å². The molecule has 14 nitrogen and oxygen atoms in total. The molecule has 0 unspecified atom stereocenters. The second kappa shape index (κ2) is 27.0. The largest absolute Gasteiger partial charge is 0.497 e. The fourth-order valence-corrected chi connectivity index (χ4v) is 8.88. The SMILES string of the molecule is COc1cc(COc2cc(COc3cc(CSI)cc(OCc4cc(OCc5cc(OC)cc(OC)c5)cc(OCc5cc(OC)cc(OC)c5)c4)c3)cc(OCc3cc(OC)cc(OC)c3)c2)cc(OC)c1. The minimum absolute atomic E-state index is 0.201. The van der Waals surface area contributed by atoms with E-state index in [1.807, 2.05) is 127 Å². The molecule has 0 saturated heterocycles. The van der Waals surface area contributed by atoms with Crippen molar-refractivity contribution in [3.63, 3.8) is 0 Å². The minimum atomic E-state index is 0.201. The summed E-state index contributed by atoms with van der Waals surface area (Å²) in [7, 11) is 14.6. The van der Waals surface area contributed by atoms with E-state index in [1.165, 1.54) is 0 Å². The molecule has 0 aliphatic heterocycles. The normalized spacial score (nSPS) is 10.7. The van der Waals surface area contributed by atoms with Gasteiger partial charge in [-0.25, -0.2) is 0 Å². The third-order valence-electron chi connectivity index (χ3n) is 11.1. The molecular weight excluding hydrogens is 1070 g/mol. The summed E-state index contributed by atoms with van der Waals surface area (Å²) in [5, 5.41) is 0. The summed E-state index contributed by atoms with van der Waals surface area (Å²) in [6.45, 7) is 1.40. The number of methoxy groups -OCH3 is 8. The van der Waals surface area contributed by atoms with Gasteiger partial charge >= 0.3 is 0 Å². The van der Waals surface area contributed by atoms with Crippen molar-refractivity contribution < 1.29 is 66.3 Å². The lowest BCUT2D eigenvalue weighted by Gasteiger charge is -2.16. The van der Waals surface area contributed by atoms with E-state index in [-0.39, 0.29) is 39.6 Å². The Bertz CT molecular complexity index is 2480. The molecule has 7 rings (SSSR count). The van der Waals surface area contributed by atoms with E-state index in [0.29, 0.717) is 80.5 Å². The molecule has 7 aromatic carbocycles. The van der Waals surface area contributed by atoms with Crippen molar-refractivity contribution in [3.05, 3.63) is 166 Å². The van der Waals surface area contributed by atoms with Crippen molar-refractivity contribution in [2.24, 2.45) is 0 Å². The molecule has 0 saturated carbocycles. The molecule has 0 spiro atoms. The molecule has 7 aromatic rings. The van der Waals surface area contributed by atoms with E-state index in [9.17, 15) is 0 Å². The van der Waals surface area contributed by atoms with Gasteiger partial charge in [0.2, 0.25) is 0 Å². The molecule has 0 radical (unpaired) electrons. The lowest BCUT2D eigenvalue weighted by molar-refractivity contribution is 0.275. The molecule has 73 heavy (non-hydrogen) atoms. The number of rotatable bonds is 28. The molecule has 0 fully saturated rings. The third kappa shape index (κ3) is 16.2. The van der Waals surface area contributed by atoms with Crippen LogP contribution in [0.2, 0.25) is 0 Å². The van der Waals surface area contributed by atoms with Gasteiger partial charge in [-0.05, 0) is 145 Å². The first-order valence-electron chi connectivity index (χ1n) is 22.9. The van der Waals surface area contributed by atoms with Gasteiger partial charge in [-0.2, -0.15) is 0 Å². The van der Waals surface area contributed by atoms with E-state index in [0.717, 1.165) is 44.7 Å². The van der Waals surface area contributed by atoms with Gasteiger partial charge in [0.15, 0.2) is 0 Å². The quantitative estimate of drug-likeness (QED) is 0.0431. The van der Waals surface area contributed by atoms with Crippen LogP contribution < -0.4 is 66.3 Å². The summed E-state index contributed by atoms with van der Waals surface area (Å²) >= 11 is 2.29. The van der Waals surface area contributed by atoms with E-state index in [4.69, 9.17) is 66.3 Å². The number of halogens is 1. The average molecular weight is 1130 g/mol. The van der Waals surface area contributed by atoms with Crippen LogP contribution in [0.3, 0.4) is 0 Å². The maximum absolute atomic E-state index is 6.54. The molecule has 16 heteroatoms. The summed E-state index contributed by atoms with van der Waals surface area (Å²) in [6.07, 6.45) is 0. The van der Waals surface area contributed by atoms with Gasteiger partial charge in [0.25, 0.3) is 0 Å². The molecular formula is C57H59IO14S. The van der Waals surface area contributed by atoms with Gasteiger partial charge in [0.1, 0.15) is 120 Å². The van der Waals surface area contributed by atoms with Gasteiger partial charge in [0, 0.05) is 48.2 Å². The monoisotopic (exact) mass is 1130 g/mol. The minimum Gasteiger partial charge on any atom is -0.497 e. The predicted octanol–water partition coefficient (Wildman–Crippen LogP) is 12.8. The summed E-state index contributed by atoms with van der Waals surface area (Å²) in [5.74, 6) is 9.62. The molecule has 0 aromatic heterocycles. The Hall–Kier alpha value is -7.18. The molecule has 0 atom stereocenters. The van der Waals surface area contributed by atoms with Crippen LogP contribution in [0.15, 0.2) is 127 Å². The van der Waals surface area contributed by atoms with Gasteiger partial charge in [-0.15, -0.1) is 0 Å². The molecule has 0 aliphatic carbocycles. The summed E-state index contributed by atoms with van der Waals surface area (Å²) < 4.78 is 82.5. The van der Waals surface area contributed by atoms with Gasteiger partial charge in [-0.3, -0.25) is 0 Å². The highest BCUT2D eigenvalue weighted by atomic mass is 127. The number of benzene rings is 7. The predicted molar refractivity (Wildman–Crippen MR) is 289 cm³/mol. The van der Waals surface area contributed by atoms with Crippen LogP contribution in [0.4, 0.5) is 0 Å². The van der Waals surface area contributed by atoms with Gasteiger partial charge in [-0.1, -0.05) is 8.93 Å². The van der Waals surface area contributed by atoms with Crippen LogP contribution in [0.1, 0.15) is 38.9 Å². The van der Waals surface area contributed by atoms with Crippen molar-refractivity contribution in [2.75, 3.05) is 56.9 Å². The fraction of sp³-hybridized carbons (Fsp3) is 0.263. The van der Waals surface area contributed by atoms with E-state index in [1.54, 1.807) is 65.8 Å². The van der Waals surface area contributed by atoms with Crippen LogP contribution >= 0.6 is 30.1 Å². The Balaban J connectivity index is 1.11. The summed E-state index contributed by atoms with van der Waals surface area (Å²) in [5.41, 5.74) is 6.14. The van der Waals surface area contributed by atoms with Crippen LogP contribution in [0.25, 0.3) is 0 Å². The Morgan fingerprint density at radius 2 is 0.384 bits per heavy atom. The lowest BCUT2D eigenvalue weighted by atomic mass is 10.2. The van der Waals surface area contributed by atoms with Crippen molar-refractivity contribution in [3.8, 4) is 80.5 Å². The van der Waals surface area contributed by atoms with Crippen LogP contribution in [-0.2, 0) is 45.4 Å². The molecule has 0 bridgehead atoms. The lowest BCUT2D eigenvalue weighted by Crippen LogP contribution is -2.03. The van der Waals surface area contributed by atoms with Crippen molar-refractivity contribution in [1.29, 1.82) is 0 Å². The Morgan fingerprint density at radius 1 is 0.233 bits per heavy atom. The molecule has 0 N–H and O–H groups in total. The van der Waals surface area contributed by atoms with E-state index in [2.05, 4.69) is 21.2 Å². The summed E-state index contributed by atoms with van der Waals surface area (Å²) in [6, 6.07) is 39.9. The second-order valence-corrected chi connectivity index (χ2v) is 18.7. The van der Waals surface area contributed by atoms with E-state index < -0.39 is 0 Å².